The fraction of sp³-hybridized carbons (Fsp3) is 0.0625. The minimum Gasteiger partial charge on any atom is -0.456 e. The fourth-order valence-corrected chi connectivity index (χ4v) is 8.58. The summed E-state index contributed by atoms with van der Waals surface area (Å²) < 4.78 is 9.13. The lowest BCUT2D eigenvalue weighted by Gasteiger charge is -2.21. The molecule has 0 unspecified atom stereocenters. The average molecular weight is 681 g/mol. The maximum Gasteiger partial charge on any atom is 0.164 e. The first-order valence-electron chi connectivity index (χ1n) is 18.0. The number of nitrogens with zero attached hydrogens (tertiary/aromatic N) is 4. The molecule has 250 valence electrons. The van der Waals surface area contributed by atoms with E-state index in [9.17, 15) is 0 Å². The van der Waals surface area contributed by atoms with Gasteiger partial charge in [0.2, 0.25) is 0 Å². The number of hydrogen-bond acceptors (Lipinski definition) is 4. The highest BCUT2D eigenvalue weighted by atomic mass is 16.3. The number of fused-ring (bicyclic) bond motifs is 10. The number of rotatable bonds is 4. The fourth-order valence-electron chi connectivity index (χ4n) is 8.58. The number of hydrogen-bond donors (Lipinski definition) is 0. The van der Waals surface area contributed by atoms with Crippen LogP contribution in [0.1, 0.15) is 25.0 Å². The van der Waals surface area contributed by atoms with Gasteiger partial charge in [-0.3, -0.25) is 0 Å². The molecule has 5 heteroatoms. The van der Waals surface area contributed by atoms with Gasteiger partial charge in [-0.05, 0) is 64.7 Å². The predicted octanol–water partition coefficient (Wildman–Crippen LogP) is 12.2. The first-order valence-corrected chi connectivity index (χ1v) is 18.0. The maximum atomic E-state index is 6.72. The minimum absolute atomic E-state index is 0.130. The highest BCUT2D eigenvalue weighted by Crippen LogP contribution is 2.52. The third-order valence-electron chi connectivity index (χ3n) is 11.0. The smallest absolute Gasteiger partial charge is 0.164 e. The van der Waals surface area contributed by atoms with Crippen LogP contribution in [-0.4, -0.2) is 19.5 Å². The van der Waals surface area contributed by atoms with Crippen LogP contribution in [0.3, 0.4) is 0 Å². The molecular weight excluding hydrogens is 649 g/mol. The van der Waals surface area contributed by atoms with E-state index in [-0.39, 0.29) is 5.41 Å². The molecule has 10 aromatic rings. The molecule has 5 nitrogen and oxygen atoms in total. The van der Waals surface area contributed by atoms with Crippen molar-refractivity contribution in [3.63, 3.8) is 0 Å². The largest absolute Gasteiger partial charge is 0.456 e. The Hall–Kier alpha value is -6.85. The van der Waals surface area contributed by atoms with Crippen molar-refractivity contribution in [2.75, 3.05) is 0 Å². The summed E-state index contributed by atoms with van der Waals surface area (Å²) in [5, 5.41) is 4.38. The quantitative estimate of drug-likeness (QED) is 0.186. The van der Waals surface area contributed by atoms with Crippen molar-refractivity contribution in [2.24, 2.45) is 0 Å². The van der Waals surface area contributed by atoms with Gasteiger partial charge in [0.25, 0.3) is 0 Å². The van der Waals surface area contributed by atoms with E-state index < -0.39 is 0 Å². The van der Waals surface area contributed by atoms with Crippen LogP contribution < -0.4 is 0 Å². The molecule has 7 aromatic carbocycles. The summed E-state index contributed by atoms with van der Waals surface area (Å²) in [7, 11) is 0. The molecule has 3 heterocycles. The Morgan fingerprint density at radius 2 is 1.06 bits per heavy atom. The van der Waals surface area contributed by atoms with E-state index in [2.05, 4.69) is 109 Å². The van der Waals surface area contributed by atoms with Gasteiger partial charge in [-0.25, -0.2) is 15.0 Å². The lowest BCUT2D eigenvalue weighted by molar-refractivity contribution is 0.661. The highest BCUT2D eigenvalue weighted by Gasteiger charge is 2.36. The van der Waals surface area contributed by atoms with Gasteiger partial charge in [0.1, 0.15) is 11.2 Å². The molecule has 0 N–H and O–H groups in total. The Labute approximate surface area is 305 Å². The van der Waals surface area contributed by atoms with Gasteiger partial charge in [0.15, 0.2) is 17.5 Å². The molecule has 0 atom stereocenters. The third kappa shape index (κ3) is 4.34. The molecule has 0 bridgehead atoms. The zero-order valence-electron chi connectivity index (χ0n) is 29.2. The predicted molar refractivity (Wildman–Crippen MR) is 215 cm³/mol. The van der Waals surface area contributed by atoms with Crippen LogP contribution in [0, 0.1) is 0 Å². The third-order valence-corrected chi connectivity index (χ3v) is 11.0. The molecule has 0 spiro atoms. The van der Waals surface area contributed by atoms with E-state index in [0.29, 0.717) is 17.5 Å². The normalized spacial score (nSPS) is 13.2. The van der Waals surface area contributed by atoms with Gasteiger partial charge in [0, 0.05) is 49.3 Å². The molecule has 0 saturated heterocycles. The number of benzene rings is 7. The lowest BCUT2D eigenvalue weighted by Crippen LogP contribution is -2.14. The Morgan fingerprint density at radius 3 is 1.77 bits per heavy atom. The first-order chi connectivity index (χ1) is 26.0. The Kier molecular flexibility index (Phi) is 6.23. The summed E-state index contributed by atoms with van der Waals surface area (Å²) in [5.41, 5.74) is 12.9. The van der Waals surface area contributed by atoms with E-state index in [1.54, 1.807) is 0 Å². The number of para-hydroxylation sites is 1. The van der Waals surface area contributed by atoms with Gasteiger partial charge in [0.05, 0.1) is 11.0 Å². The van der Waals surface area contributed by atoms with Crippen molar-refractivity contribution >= 4 is 43.7 Å². The molecule has 1 aliphatic carbocycles. The summed E-state index contributed by atoms with van der Waals surface area (Å²) in [6, 6.07) is 55.1. The zero-order chi connectivity index (χ0) is 35.3. The maximum absolute atomic E-state index is 6.72. The van der Waals surface area contributed by atoms with Crippen molar-refractivity contribution in [3.05, 3.63) is 169 Å². The van der Waals surface area contributed by atoms with Crippen LogP contribution >= 0.6 is 0 Å². The molecule has 0 amide bonds. The van der Waals surface area contributed by atoms with Crippen LogP contribution in [0.25, 0.3) is 94.7 Å². The summed E-state index contributed by atoms with van der Waals surface area (Å²) >= 11 is 0. The summed E-state index contributed by atoms with van der Waals surface area (Å²) in [6.07, 6.45) is 0. The summed E-state index contributed by atoms with van der Waals surface area (Å²) in [6.45, 7) is 4.68. The monoisotopic (exact) mass is 680 g/mol. The van der Waals surface area contributed by atoms with E-state index in [1.807, 2.05) is 66.7 Å². The lowest BCUT2D eigenvalue weighted by atomic mass is 9.82. The molecule has 3 aromatic heterocycles. The molecule has 0 fully saturated rings. The topological polar surface area (TPSA) is 56.7 Å². The van der Waals surface area contributed by atoms with E-state index in [0.717, 1.165) is 55.2 Å². The first kappa shape index (κ1) is 29.8. The van der Waals surface area contributed by atoms with Crippen LogP contribution in [-0.2, 0) is 5.41 Å². The Balaban J connectivity index is 1.27. The average Bonchev–Trinajstić information content (AvgIpc) is 3.83. The van der Waals surface area contributed by atoms with Crippen molar-refractivity contribution in [1.82, 2.24) is 19.5 Å². The van der Waals surface area contributed by atoms with Crippen LogP contribution in [0.2, 0.25) is 0 Å². The second kappa shape index (κ2) is 11.1. The van der Waals surface area contributed by atoms with Gasteiger partial charge >= 0.3 is 0 Å². The van der Waals surface area contributed by atoms with Gasteiger partial charge in [-0.15, -0.1) is 0 Å². The van der Waals surface area contributed by atoms with Crippen molar-refractivity contribution in [2.45, 2.75) is 19.3 Å². The van der Waals surface area contributed by atoms with Crippen molar-refractivity contribution < 1.29 is 4.42 Å². The van der Waals surface area contributed by atoms with Crippen LogP contribution in [0.4, 0.5) is 0 Å². The zero-order valence-corrected chi connectivity index (χ0v) is 29.2. The Morgan fingerprint density at radius 1 is 0.453 bits per heavy atom. The van der Waals surface area contributed by atoms with E-state index in [1.165, 1.54) is 33.2 Å². The minimum atomic E-state index is -0.130. The standard InChI is InChI=1S/C48H32N4O/c1-48(2)36-23-13-12-21-32(36)34-27-35-39(28-37(34)48)52(31-19-10-5-11-20-31)38-25-26-41-44(42(35)38)43-33(22-14-24-40(43)53-41)47-50-45(29-15-6-3-7-16-29)49-46(51-47)30-17-8-4-9-18-30/h3-28H,1-2H3. The SMILES string of the molecule is CC1(C)c2ccccc2-c2cc3c4c5c(ccc4n(-c4ccccc4)c3cc21)oc1cccc(-c2nc(-c3ccccc3)nc(-c3ccccc3)n2)c15. The van der Waals surface area contributed by atoms with Crippen LogP contribution in [0.5, 0.6) is 0 Å². The second-order valence-electron chi connectivity index (χ2n) is 14.4. The van der Waals surface area contributed by atoms with Crippen molar-refractivity contribution in [1.29, 1.82) is 0 Å². The van der Waals surface area contributed by atoms with Gasteiger partial charge < -0.3 is 8.98 Å². The molecule has 0 radical (unpaired) electrons. The van der Waals surface area contributed by atoms with Gasteiger partial charge in [-0.2, -0.15) is 0 Å². The summed E-state index contributed by atoms with van der Waals surface area (Å²) in [4.78, 5) is 15.3. The second-order valence-corrected chi connectivity index (χ2v) is 14.4. The van der Waals surface area contributed by atoms with E-state index >= 15 is 0 Å². The molecule has 11 rings (SSSR count). The number of aromatic nitrogens is 4. The summed E-state index contributed by atoms with van der Waals surface area (Å²) in [5.74, 6) is 1.86. The molecule has 0 saturated carbocycles. The Bertz CT molecular complexity index is 3010. The van der Waals surface area contributed by atoms with E-state index in [4.69, 9.17) is 19.4 Å². The molecular formula is C48H32N4O. The molecule has 53 heavy (non-hydrogen) atoms. The molecule has 1 aliphatic rings. The highest BCUT2D eigenvalue weighted by molar-refractivity contribution is 6.30. The number of furan rings is 1. The van der Waals surface area contributed by atoms with Crippen LogP contribution in [0.15, 0.2) is 162 Å². The van der Waals surface area contributed by atoms with Crippen molar-refractivity contribution in [3.8, 4) is 51.0 Å². The van der Waals surface area contributed by atoms with Gasteiger partial charge in [-0.1, -0.05) is 129 Å². The molecule has 0 aliphatic heterocycles.